The number of carbonyl (C=O) groups is 4. The van der Waals surface area contributed by atoms with Crippen molar-refractivity contribution in [3.63, 3.8) is 0 Å². The van der Waals surface area contributed by atoms with Crippen LogP contribution in [0.25, 0.3) is 10.8 Å². The van der Waals surface area contributed by atoms with Crippen LogP contribution in [0.3, 0.4) is 0 Å². The second-order valence-electron chi connectivity index (χ2n) is 15.0. The molecule has 2 saturated heterocycles. The van der Waals surface area contributed by atoms with Crippen molar-refractivity contribution in [2.45, 2.75) is 76.0 Å². The first-order valence-electron chi connectivity index (χ1n) is 18.4. The first-order valence-corrected chi connectivity index (χ1v) is 19.2. The van der Waals surface area contributed by atoms with Gasteiger partial charge in [0, 0.05) is 30.2 Å². The Kier molecular flexibility index (Phi) is 10.4. The Morgan fingerprint density at radius 1 is 0.925 bits per heavy atom. The number of carbonyl (C=O) groups excluding carboxylic acids is 4. The number of halogens is 1. The number of likely N-dealkylation sites (tertiary alicyclic amines) is 1. The van der Waals surface area contributed by atoms with Crippen LogP contribution in [0.4, 0.5) is 5.69 Å². The van der Waals surface area contributed by atoms with Gasteiger partial charge in [0.25, 0.3) is 5.91 Å². The fourth-order valence-corrected chi connectivity index (χ4v) is 9.37. The number of likely N-dealkylation sites (N-methyl/N-ethyl adjacent to an activating group) is 1. The van der Waals surface area contributed by atoms with Crippen molar-refractivity contribution >= 4 is 56.1 Å². The molecule has 1 N–H and O–H groups in total. The zero-order valence-corrected chi connectivity index (χ0v) is 32.0. The molecule has 1 spiro atoms. The third kappa shape index (κ3) is 6.50. The van der Waals surface area contributed by atoms with Gasteiger partial charge >= 0.3 is 5.97 Å². The molecule has 5 bridgehead atoms. The molecular weight excluding hydrogens is 738 g/mol. The number of aliphatic hydroxyl groups excluding tert-OH is 1. The van der Waals surface area contributed by atoms with Gasteiger partial charge in [0.1, 0.15) is 29.8 Å². The van der Waals surface area contributed by atoms with Gasteiger partial charge in [-0.3, -0.25) is 19.2 Å². The Morgan fingerprint density at radius 3 is 2.36 bits per heavy atom. The molecule has 11 heteroatoms. The van der Waals surface area contributed by atoms with E-state index in [0.717, 1.165) is 10.8 Å². The number of cyclic esters (lactones) is 1. The molecular formula is C42H46BrN3O7. The van der Waals surface area contributed by atoms with Crippen LogP contribution in [0.5, 0.6) is 0 Å². The minimum absolute atomic E-state index is 0.0896. The van der Waals surface area contributed by atoms with E-state index in [1.165, 1.54) is 4.90 Å². The second-order valence-corrected chi connectivity index (χ2v) is 16.0. The summed E-state index contributed by atoms with van der Waals surface area (Å²) in [5.41, 5.74) is -0.191. The van der Waals surface area contributed by atoms with E-state index in [-0.39, 0.29) is 31.4 Å². The highest BCUT2D eigenvalue weighted by molar-refractivity contribution is 9.11. The molecule has 0 aliphatic carbocycles. The molecule has 53 heavy (non-hydrogen) atoms. The molecule has 4 aliphatic heterocycles. The molecule has 4 aliphatic rings. The fraction of sp³-hybridized carbons (Fsp3) is 0.429. The van der Waals surface area contributed by atoms with Crippen LogP contribution in [0.2, 0.25) is 0 Å². The third-order valence-electron chi connectivity index (χ3n) is 11.3. The number of allylic oxidation sites excluding steroid dienone is 1. The average Bonchev–Trinajstić information content (AvgIpc) is 3.76. The minimum Gasteiger partial charge on any atom is -0.455 e. The summed E-state index contributed by atoms with van der Waals surface area (Å²) < 4.78 is 13.7. The number of anilines is 1. The minimum atomic E-state index is -1.51. The van der Waals surface area contributed by atoms with Gasteiger partial charge in [0.2, 0.25) is 11.8 Å². The van der Waals surface area contributed by atoms with Crippen molar-refractivity contribution in [3.8, 4) is 0 Å². The molecule has 3 aromatic carbocycles. The monoisotopic (exact) mass is 783 g/mol. The van der Waals surface area contributed by atoms with E-state index >= 15 is 4.79 Å². The Hall–Kier alpha value is -4.32. The van der Waals surface area contributed by atoms with Gasteiger partial charge in [-0.2, -0.15) is 0 Å². The Labute approximate surface area is 318 Å². The van der Waals surface area contributed by atoms with Crippen LogP contribution in [-0.4, -0.2) is 88.6 Å². The molecule has 0 saturated carbocycles. The van der Waals surface area contributed by atoms with Gasteiger partial charge in [-0.15, -0.1) is 0 Å². The molecule has 4 heterocycles. The number of hydrogen-bond donors (Lipinski definition) is 1. The molecule has 3 aromatic rings. The number of benzene rings is 3. The zero-order chi connectivity index (χ0) is 37.6. The number of aliphatic hydroxyl groups is 1. The molecule has 278 valence electrons. The summed E-state index contributed by atoms with van der Waals surface area (Å²) in [6.07, 6.45) is 4.90. The second kappa shape index (κ2) is 14.8. The van der Waals surface area contributed by atoms with Crippen molar-refractivity contribution in [2.24, 2.45) is 17.8 Å². The summed E-state index contributed by atoms with van der Waals surface area (Å²) in [7, 11) is 1.70. The van der Waals surface area contributed by atoms with E-state index in [4.69, 9.17) is 9.47 Å². The molecule has 8 atom stereocenters. The molecule has 2 fully saturated rings. The van der Waals surface area contributed by atoms with Crippen molar-refractivity contribution < 1.29 is 33.8 Å². The van der Waals surface area contributed by atoms with E-state index in [1.807, 2.05) is 106 Å². The lowest BCUT2D eigenvalue weighted by Crippen LogP contribution is -2.59. The predicted octanol–water partition coefficient (Wildman–Crippen LogP) is 5.93. The average molecular weight is 785 g/mol. The van der Waals surface area contributed by atoms with Crippen molar-refractivity contribution in [1.82, 2.24) is 9.80 Å². The number of esters is 1. The molecule has 0 unspecified atom stereocenters. The molecule has 0 aromatic heterocycles. The highest BCUT2D eigenvalue weighted by atomic mass is 79.9. The number of rotatable bonds is 6. The first kappa shape index (κ1) is 37.0. The highest BCUT2D eigenvalue weighted by Crippen LogP contribution is 2.59. The summed E-state index contributed by atoms with van der Waals surface area (Å²) in [6.45, 7) is 5.63. The number of nitrogens with zero attached hydrogens (tertiary/aromatic N) is 3. The zero-order valence-electron chi connectivity index (χ0n) is 30.4. The molecule has 7 rings (SSSR count). The highest BCUT2D eigenvalue weighted by Gasteiger charge is 2.75. The number of fused-ring (bicyclic) bond motifs is 3. The summed E-state index contributed by atoms with van der Waals surface area (Å²) in [4.78, 5) is 63.3. The van der Waals surface area contributed by atoms with Crippen LogP contribution in [-0.2, 0) is 28.7 Å². The summed E-state index contributed by atoms with van der Waals surface area (Å²) in [5.74, 6) is -3.70. The lowest BCUT2D eigenvalue weighted by molar-refractivity contribution is -0.164. The van der Waals surface area contributed by atoms with E-state index in [0.29, 0.717) is 28.6 Å². The van der Waals surface area contributed by atoms with Gasteiger partial charge < -0.3 is 29.3 Å². The van der Waals surface area contributed by atoms with E-state index < -0.39 is 65.6 Å². The van der Waals surface area contributed by atoms with Crippen LogP contribution in [0.1, 0.15) is 51.7 Å². The number of hydrogen-bond acceptors (Lipinski definition) is 7. The smallest absolute Gasteiger partial charge is 0.313 e. The first-order chi connectivity index (χ1) is 25.5. The Bertz CT molecular complexity index is 1970. The van der Waals surface area contributed by atoms with Crippen LogP contribution in [0, 0.1) is 17.8 Å². The summed E-state index contributed by atoms with van der Waals surface area (Å²) in [6, 6.07) is 20.5. The standard InChI is InChI=1S/C42H46BrN3O7/c1-25(2)21-31(24-47)46-38-40(50)45(30-19-18-27-13-10-11-16-29(27)22-30)20-12-6-9-17-33(48)44(4)26(3)36(28-14-7-5-8-15-28)52-41(51)34-35(39(46)49)42(38)23-32(43)37(34)53-42/h5-8,10-16,18-19,22-23,25-26,31,34-38,47H,9,17,20-21,24H2,1-4H3/b12-6-/t26-,31+,34+,35-,36+,37+,38+,42-/m0/s1. The van der Waals surface area contributed by atoms with Gasteiger partial charge in [0.15, 0.2) is 0 Å². The maximum Gasteiger partial charge on any atom is 0.313 e. The van der Waals surface area contributed by atoms with Crippen molar-refractivity contribution in [2.75, 3.05) is 25.1 Å². The van der Waals surface area contributed by atoms with Gasteiger partial charge in [-0.1, -0.05) is 103 Å². The normalized spacial score (nSPS) is 30.5. The van der Waals surface area contributed by atoms with E-state index in [2.05, 4.69) is 15.9 Å². The van der Waals surface area contributed by atoms with Crippen LogP contribution in [0.15, 0.2) is 95.5 Å². The van der Waals surface area contributed by atoms with Crippen molar-refractivity contribution in [1.29, 1.82) is 0 Å². The van der Waals surface area contributed by atoms with E-state index in [9.17, 15) is 19.5 Å². The topological polar surface area (TPSA) is 117 Å². The van der Waals surface area contributed by atoms with E-state index in [1.54, 1.807) is 22.9 Å². The maximum atomic E-state index is 15.4. The number of amides is 3. The summed E-state index contributed by atoms with van der Waals surface area (Å²) >= 11 is 3.65. The van der Waals surface area contributed by atoms with Crippen molar-refractivity contribution in [3.05, 3.63) is 101 Å². The van der Waals surface area contributed by atoms with Gasteiger partial charge in [-0.25, -0.2) is 0 Å². The fourth-order valence-electron chi connectivity index (χ4n) is 8.64. The summed E-state index contributed by atoms with van der Waals surface area (Å²) in [5, 5.41) is 12.8. The lowest BCUT2D eigenvalue weighted by Gasteiger charge is -2.39. The predicted molar refractivity (Wildman–Crippen MR) is 205 cm³/mol. The molecule has 3 amide bonds. The number of ether oxygens (including phenoxy) is 2. The molecule has 0 radical (unpaired) electrons. The largest absolute Gasteiger partial charge is 0.455 e. The van der Waals surface area contributed by atoms with Gasteiger partial charge in [0.05, 0.1) is 24.6 Å². The quantitative estimate of drug-likeness (QED) is 0.243. The Morgan fingerprint density at radius 2 is 1.64 bits per heavy atom. The third-order valence-corrected chi connectivity index (χ3v) is 12.0. The van der Waals surface area contributed by atoms with Crippen LogP contribution >= 0.6 is 15.9 Å². The Balaban J connectivity index is 1.39. The maximum absolute atomic E-state index is 15.4. The molecule has 10 nitrogen and oxygen atoms in total. The SMILES string of the molecule is CC(C)C[C@H](CO)N1C(=O)[C@@H]2[C@H]3C(=O)O[C@@H](c4ccccc4)[C@H](C)N(C)C(=O)CC/C=C\CN(c4ccc5ccccc5c4)C(=O)[C@@H]1[C@]21C=C(Br)[C@H]3O1. The van der Waals surface area contributed by atoms with Crippen LogP contribution < -0.4 is 4.90 Å². The lowest BCUT2D eigenvalue weighted by atomic mass is 9.74. The van der Waals surface area contributed by atoms with Gasteiger partial charge in [-0.05, 0) is 60.2 Å².